The highest BCUT2D eigenvalue weighted by Gasteiger charge is 2.25. The van der Waals surface area contributed by atoms with Crippen LogP contribution in [0.2, 0.25) is 0 Å². The van der Waals surface area contributed by atoms with Gasteiger partial charge in [-0.15, -0.1) is 0 Å². The van der Waals surface area contributed by atoms with Gasteiger partial charge in [0.1, 0.15) is 0 Å². The Morgan fingerprint density at radius 3 is 2.20 bits per heavy atom. The summed E-state index contributed by atoms with van der Waals surface area (Å²) < 4.78 is 26.0. The van der Waals surface area contributed by atoms with Gasteiger partial charge in [0, 0.05) is 13.1 Å². The van der Waals surface area contributed by atoms with Crippen molar-refractivity contribution in [1.82, 2.24) is 4.31 Å². The molecule has 1 aromatic carbocycles. The number of rotatable bonds is 4. The molecule has 1 saturated heterocycles. The van der Waals surface area contributed by atoms with Crippen molar-refractivity contribution < 1.29 is 8.42 Å². The molecule has 0 atom stereocenters. The molecule has 1 aromatic rings. The van der Waals surface area contributed by atoms with Gasteiger partial charge in [0.15, 0.2) is 0 Å². The largest absolute Gasteiger partial charge is 0.214 e. The van der Waals surface area contributed by atoms with E-state index in [1.807, 2.05) is 44.2 Å². The number of hydrogen-bond acceptors (Lipinski definition) is 2. The lowest BCUT2D eigenvalue weighted by atomic mass is 10.0. The Kier molecular flexibility index (Phi) is 7.24. The Bertz CT molecular complexity index is 463. The monoisotopic (exact) mass is 297 g/mol. The van der Waals surface area contributed by atoms with E-state index in [1.165, 1.54) is 0 Å². The lowest BCUT2D eigenvalue weighted by molar-refractivity contribution is 0.288. The molecule has 0 bridgehead atoms. The highest BCUT2D eigenvalue weighted by atomic mass is 32.2. The minimum Gasteiger partial charge on any atom is -0.212 e. The van der Waals surface area contributed by atoms with E-state index >= 15 is 0 Å². The molecule has 0 saturated carbocycles. The van der Waals surface area contributed by atoms with Gasteiger partial charge in [-0.05, 0) is 30.7 Å². The van der Waals surface area contributed by atoms with Crippen LogP contribution >= 0.6 is 0 Å². The van der Waals surface area contributed by atoms with Crippen LogP contribution in [0.1, 0.15) is 39.2 Å². The average molecular weight is 297 g/mol. The van der Waals surface area contributed by atoms with Crippen molar-refractivity contribution in [3.05, 3.63) is 35.9 Å². The molecule has 114 valence electrons. The van der Waals surface area contributed by atoms with Gasteiger partial charge >= 0.3 is 0 Å². The molecular formula is C16H27NO2S. The second kappa shape index (κ2) is 8.42. The lowest BCUT2D eigenvalue weighted by Crippen LogP contribution is -2.39. The molecule has 2 rings (SSSR count). The summed E-state index contributed by atoms with van der Waals surface area (Å²) in [6.45, 7) is 7.57. The second-order valence-corrected chi connectivity index (χ2v) is 7.22. The van der Waals surface area contributed by atoms with Crippen LogP contribution in [-0.4, -0.2) is 31.6 Å². The SMILES string of the molecule is CC.CC1CCN(S(=O)(=O)CCc2ccccc2)CC1. The molecule has 1 aliphatic heterocycles. The first-order chi connectivity index (χ1) is 9.58. The van der Waals surface area contributed by atoms with Gasteiger partial charge in [0.2, 0.25) is 10.0 Å². The molecule has 1 heterocycles. The van der Waals surface area contributed by atoms with E-state index in [0.717, 1.165) is 18.4 Å². The van der Waals surface area contributed by atoms with E-state index in [0.29, 0.717) is 25.4 Å². The summed E-state index contributed by atoms with van der Waals surface area (Å²) in [4.78, 5) is 0. The third-order valence-corrected chi connectivity index (χ3v) is 5.50. The molecule has 0 N–H and O–H groups in total. The lowest BCUT2D eigenvalue weighted by Gasteiger charge is -2.29. The standard InChI is InChI=1S/C14H21NO2S.C2H6/c1-13-7-10-15(11-8-13)18(16,17)12-9-14-5-3-2-4-6-14;1-2/h2-6,13H,7-12H2,1H3;1-2H3. The van der Waals surface area contributed by atoms with Gasteiger partial charge in [0.25, 0.3) is 0 Å². The average Bonchev–Trinajstić information content (AvgIpc) is 2.49. The highest BCUT2D eigenvalue weighted by Crippen LogP contribution is 2.19. The minimum absolute atomic E-state index is 0.228. The van der Waals surface area contributed by atoms with Crippen molar-refractivity contribution in [3.63, 3.8) is 0 Å². The Balaban J connectivity index is 0.000000956. The zero-order chi connectivity index (χ0) is 15.0. The summed E-state index contributed by atoms with van der Waals surface area (Å²) in [5.74, 6) is 0.886. The number of hydrogen-bond donors (Lipinski definition) is 0. The van der Waals surface area contributed by atoms with Crippen molar-refractivity contribution in [2.24, 2.45) is 5.92 Å². The first-order valence-corrected chi connectivity index (χ1v) is 9.20. The Morgan fingerprint density at radius 1 is 1.10 bits per heavy atom. The van der Waals surface area contributed by atoms with Crippen LogP contribution in [0.15, 0.2) is 30.3 Å². The Hall–Kier alpha value is -0.870. The van der Waals surface area contributed by atoms with Gasteiger partial charge in [-0.3, -0.25) is 0 Å². The Labute approximate surface area is 124 Å². The van der Waals surface area contributed by atoms with Crippen molar-refractivity contribution in [2.45, 2.75) is 40.0 Å². The first-order valence-electron chi connectivity index (χ1n) is 7.60. The number of benzene rings is 1. The molecule has 0 amide bonds. The fourth-order valence-corrected chi connectivity index (χ4v) is 3.80. The van der Waals surface area contributed by atoms with Crippen molar-refractivity contribution in [2.75, 3.05) is 18.8 Å². The van der Waals surface area contributed by atoms with Gasteiger partial charge in [-0.25, -0.2) is 12.7 Å². The van der Waals surface area contributed by atoms with Crippen molar-refractivity contribution in [1.29, 1.82) is 0 Å². The van der Waals surface area contributed by atoms with Crippen molar-refractivity contribution >= 4 is 10.0 Å². The molecule has 3 nitrogen and oxygen atoms in total. The van der Waals surface area contributed by atoms with Crippen LogP contribution in [-0.2, 0) is 16.4 Å². The molecule has 0 radical (unpaired) electrons. The zero-order valence-electron chi connectivity index (χ0n) is 12.9. The molecule has 4 heteroatoms. The summed E-state index contributed by atoms with van der Waals surface area (Å²) in [6, 6.07) is 9.81. The molecule has 1 fully saturated rings. The van der Waals surface area contributed by atoms with E-state index in [4.69, 9.17) is 0 Å². The number of aryl methyl sites for hydroxylation is 1. The summed E-state index contributed by atoms with van der Waals surface area (Å²) in [5.41, 5.74) is 1.09. The van der Waals surface area contributed by atoms with E-state index in [9.17, 15) is 8.42 Å². The number of nitrogens with zero attached hydrogens (tertiary/aromatic N) is 1. The van der Waals surface area contributed by atoms with Crippen LogP contribution in [0.25, 0.3) is 0 Å². The van der Waals surface area contributed by atoms with Crippen LogP contribution < -0.4 is 0 Å². The van der Waals surface area contributed by atoms with E-state index in [2.05, 4.69) is 6.92 Å². The normalized spacial score (nSPS) is 17.4. The van der Waals surface area contributed by atoms with Gasteiger partial charge in [-0.1, -0.05) is 51.1 Å². The Morgan fingerprint density at radius 2 is 1.65 bits per heavy atom. The molecule has 20 heavy (non-hydrogen) atoms. The van der Waals surface area contributed by atoms with E-state index in [-0.39, 0.29) is 5.75 Å². The smallest absolute Gasteiger partial charge is 0.212 e. The summed E-state index contributed by atoms with van der Waals surface area (Å²) in [7, 11) is -3.07. The quantitative estimate of drug-likeness (QED) is 0.855. The maximum Gasteiger partial charge on any atom is 0.214 e. The van der Waals surface area contributed by atoms with Crippen LogP contribution in [0.4, 0.5) is 0 Å². The molecule has 0 spiro atoms. The van der Waals surface area contributed by atoms with Crippen LogP contribution in [0.3, 0.4) is 0 Å². The molecular weight excluding hydrogens is 270 g/mol. The maximum atomic E-state index is 12.2. The second-order valence-electron chi connectivity index (χ2n) is 5.13. The summed E-state index contributed by atoms with van der Waals surface area (Å²) in [5, 5.41) is 0. The molecule has 0 aromatic heterocycles. The third-order valence-electron chi connectivity index (χ3n) is 3.63. The highest BCUT2D eigenvalue weighted by molar-refractivity contribution is 7.89. The van der Waals surface area contributed by atoms with E-state index < -0.39 is 10.0 Å². The summed E-state index contributed by atoms with van der Waals surface area (Å²) in [6.07, 6.45) is 2.59. The predicted octanol–water partition coefficient (Wildman–Crippen LogP) is 3.32. The fourth-order valence-electron chi connectivity index (χ4n) is 2.28. The fraction of sp³-hybridized carbons (Fsp3) is 0.625. The first kappa shape index (κ1) is 17.2. The maximum absolute atomic E-state index is 12.2. The zero-order valence-corrected chi connectivity index (χ0v) is 13.7. The predicted molar refractivity (Wildman–Crippen MR) is 85.3 cm³/mol. The van der Waals surface area contributed by atoms with Crippen LogP contribution in [0.5, 0.6) is 0 Å². The van der Waals surface area contributed by atoms with Gasteiger partial charge in [-0.2, -0.15) is 0 Å². The molecule has 1 aliphatic rings. The number of piperidine rings is 1. The molecule has 0 aliphatic carbocycles. The van der Waals surface area contributed by atoms with Crippen molar-refractivity contribution in [3.8, 4) is 0 Å². The summed E-state index contributed by atoms with van der Waals surface area (Å²) >= 11 is 0. The van der Waals surface area contributed by atoms with Gasteiger partial charge < -0.3 is 0 Å². The van der Waals surface area contributed by atoms with Crippen LogP contribution in [0, 0.1) is 5.92 Å². The topological polar surface area (TPSA) is 37.4 Å². The molecule has 0 unspecified atom stereocenters. The minimum atomic E-state index is -3.07. The van der Waals surface area contributed by atoms with Gasteiger partial charge in [0.05, 0.1) is 5.75 Å². The van der Waals surface area contributed by atoms with E-state index in [1.54, 1.807) is 4.31 Å². The third kappa shape index (κ3) is 5.25. The number of sulfonamides is 1.